The van der Waals surface area contributed by atoms with Gasteiger partial charge in [0.25, 0.3) is 0 Å². The normalized spacial score (nSPS) is 13.2. The van der Waals surface area contributed by atoms with Crippen molar-refractivity contribution < 1.29 is 40.3 Å². The zero-order valence-corrected chi connectivity index (χ0v) is 21.8. The molecule has 5 aromatic rings. The fourth-order valence-corrected chi connectivity index (χ4v) is 4.46. The van der Waals surface area contributed by atoms with E-state index in [4.69, 9.17) is 9.52 Å². The van der Waals surface area contributed by atoms with Crippen molar-refractivity contribution in [1.82, 2.24) is 25.1 Å². The average molecular weight is 594 g/mol. The number of fused-ring (bicyclic) bond motifs is 1. The minimum Gasteiger partial charge on any atom is -0.435 e. The first-order chi connectivity index (χ1) is 19.8. The monoisotopic (exact) mass is 593 g/mol. The molecule has 2 aromatic heterocycles. The third-order valence-electron chi connectivity index (χ3n) is 6.51. The van der Waals surface area contributed by atoms with Gasteiger partial charge in [-0.2, -0.15) is 26.3 Å². The van der Waals surface area contributed by atoms with Gasteiger partial charge in [0.1, 0.15) is 23.2 Å². The van der Waals surface area contributed by atoms with Crippen molar-refractivity contribution in [2.45, 2.75) is 31.4 Å². The second kappa shape index (κ2) is 11.2. The van der Waals surface area contributed by atoms with Gasteiger partial charge in [0, 0.05) is 24.7 Å². The van der Waals surface area contributed by atoms with E-state index in [1.807, 2.05) is 0 Å². The number of oxazole rings is 1. The van der Waals surface area contributed by atoms with E-state index in [-0.39, 0.29) is 30.1 Å². The molecule has 220 valence electrons. The number of rotatable bonds is 8. The van der Waals surface area contributed by atoms with Crippen molar-refractivity contribution in [2.75, 3.05) is 6.54 Å². The van der Waals surface area contributed by atoms with Gasteiger partial charge in [0.15, 0.2) is 17.5 Å². The Balaban J connectivity index is 1.48. The molecule has 42 heavy (non-hydrogen) atoms. The average Bonchev–Trinajstić information content (AvgIpc) is 3.55. The quantitative estimate of drug-likeness (QED) is 0.157. The molecule has 14 heteroatoms. The number of halogens is 7. The Hall–Kier alpha value is -4.30. The third-order valence-corrected chi connectivity index (χ3v) is 6.51. The zero-order chi connectivity index (χ0) is 30.2. The zero-order valence-electron chi connectivity index (χ0n) is 21.8. The molecule has 0 radical (unpaired) electrons. The molecule has 0 aliphatic rings. The summed E-state index contributed by atoms with van der Waals surface area (Å²) < 4.78 is 101. The summed E-state index contributed by atoms with van der Waals surface area (Å²) in [5, 5.41) is 19.6. The van der Waals surface area contributed by atoms with Gasteiger partial charge in [-0.25, -0.2) is 9.37 Å². The lowest BCUT2D eigenvalue weighted by molar-refractivity contribution is -0.204. The molecule has 3 aromatic carbocycles. The molecule has 0 aliphatic carbocycles. The van der Waals surface area contributed by atoms with E-state index in [0.29, 0.717) is 28.1 Å². The van der Waals surface area contributed by atoms with E-state index in [1.165, 1.54) is 24.5 Å². The smallest absolute Gasteiger partial charge is 0.420 e. The molecule has 0 saturated heterocycles. The van der Waals surface area contributed by atoms with Gasteiger partial charge >= 0.3 is 12.4 Å². The molecular weight excluding hydrogens is 571 g/mol. The standard InChI is InChI=1S/C28H22F7N5O2/c1-40-14-37-39-25(40)20-12-18(29)5-6-19(20)16-3-2-4-17(11-16)26-38-22-10-15(9-21(24(22)42-26)27(30,31)32)13-36-8-7-23(41)28(33,34)35/h2-6,9-12,14,23,36,41H,7-8,13H2,1H3/t23-/m1/s1. The van der Waals surface area contributed by atoms with Gasteiger partial charge in [-0.15, -0.1) is 10.2 Å². The first-order valence-corrected chi connectivity index (χ1v) is 12.5. The number of nitrogens with one attached hydrogen (secondary N) is 1. The van der Waals surface area contributed by atoms with Gasteiger partial charge in [0.05, 0.1) is 0 Å². The van der Waals surface area contributed by atoms with Crippen LogP contribution in [0.15, 0.2) is 65.3 Å². The highest BCUT2D eigenvalue weighted by Crippen LogP contribution is 2.39. The Bertz CT molecular complexity index is 1730. The number of nitrogens with zero attached hydrogens (tertiary/aromatic N) is 4. The summed E-state index contributed by atoms with van der Waals surface area (Å²) >= 11 is 0. The number of aliphatic hydroxyl groups excluding tert-OH is 1. The second-order valence-electron chi connectivity index (χ2n) is 9.57. The number of aromatic nitrogens is 4. The number of aliphatic hydroxyl groups is 1. The van der Waals surface area contributed by atoms with Crippen LogP contribution in [0.2, 0.25) is 0 Å². The summed E-state index contributed by atoms with van der Waals surface area (Å²) in [6, 6.07) is 12.9. The van der Waals surface area contributed by atoms with Crippen LogP contribution in [-0.4, -0.2) is 43.7 Å². The number of benzene rings is 3. The summed E-state index contributed by atoms with van der Waals surface area (Å²) in [6.45, 7) is -0.479. The van der Waals surface area contributed by atoms with Crippen LogP contribution in [0.1, 0.15) is 17.5 Å². The highest BCUT2D eigenvalue weighted by Gasteiger charge is 2.38. The fraction of sp³-hybridized carbons (Fsp3) is 0.250. The largest absolute Gasteiger partial charge is 0.435 e. The van der Waals surface area contributed by atoms with Crippen LogP contribution < -0.4 is 5.32 Å². The molecule has 2 heterocycles. The number of hydrogen-bond acceptors (Lipinski definition) is 6. The number of alkyl halides is 6. The van der Waals surface area contributed by atoms with Crippen LogP contribution >= 0.6 is 0 Å². The summed E-state index contributed by atoms with van der Waals surface area (Å²) in [4.78, 5) is 4.27. The molecule has 1 atom stereocenters. The van der Waals surface area contributed by atoms with Crippen molar-refractivity contribution in [3.05, 3.63) is 77.9 Å². The van der Waals surface area contributed by atoms with Gasteiger partial charge < -0.3 is 19.4 Å². The van der Waals surface area contributed by atoms with Gasteiger partial charge in [-0.3, -0.25) is 0 Å². The number of hydrogen-bond donors (Lipinski definition) is 2. The van der Waals surface area contributed by atoms with Crippen molar-refractivity contribution in [2.24, 2.45) is 7.05 Å². The Morgan fingerprint density at radius 1 is 0.976 bits per heavy atom. The summed E-state index contributed by atoms with van der Waals surface area (Å²) in [5.41, 5.74) is 0.407. The van der Waals surface area contributed by atoms with E-state index in [1.54, 1.807) is 41.9 Å². The van der Waals surface area contributed by atoms with E-state index in [0.717, 1.165) is 6.07 Å². The molecule has 7 nitrogen and oxygen atoms in total. The molecular formula is C28H22F7N5O2. The van der Waals surface area contributed by atoms with Crippen molar-refractivity contribution in [1.29, 1.82) is 0 Å². The van der Waals surface area contributed by atoms with Crippen LogP contribution in [0.3, 0.4) is 0 Å². The highest BCUT2D eigenvalue weighted by atomic mass is 19.4. The maximum absolute atomic E-state index is 14.2. The molecule has 5 rings (SSSR count). The summed E-state index contributed by atoms with van der Waals surface area (Å²) in [7, 11) is 1.70. The molecule has 0 fully saturated rings. The Morgan fingerprint density at radius 3 is 2.43 bits per heavy atom. The maximum Gasteiger partial charge on any atom is 0.420 e. The Morgan fingerprint density at radius 2 is 1.74 bits per heavy atom. The Labute approximate surface area is 233 Å². The van der Waals surface area contributed by atoms with Crippen LogP contribution in [0, 0.1) is 5.82 Å². The minimum absolute atomic E-state index is 0.0982. The first kappa shape index (κ1) is 29.2. The maximum atomic E-state index is 14.2. The lowest BCUT2D eigenvalue weighted by Crippen LogP contribution is -2.32. The van der Waals surface area contributed by atoms with Crippen LogP contribution in [0.5, 0.6) is 0 Å². The molecule has 0 amide bonds. The first-order valence-electron chi connectivity index (χ1n) is 12.5. The third kappa shape index (κ3) is 6.14. The topological polar surface area (TPSA) is 89.0 Å². The van der Waals surface area contributed by atoms with E-state index in [2.05, 4.69) is 20.5 Å². The minimum atomic E-state index is -4.81. The van der Waals surface area contributed by atoms with Crippen LogP contribution in [0.4, 0.5) is 30.7 Å². The van der Waals surface area contributed by atoms with Gasteiger partial charge in [-0.1, -0.05) is 18.2 Å². The van der Waals surface area contributed by atoms with Crippen molar-refractivity contribution in [3.8, 4) is 34.0 Å². The van der Waals surface area contributed by atoms with Gasteiger partial charge in [-0.05, 0) is 66.1 Å². The van der Waals surface area contributed by atoms with Gasteiger partial charge in [0.2, 0.25) is 5.89 Å². The number of aryl methyl sites for hydroxylation is 1. The molecule has 0 spiro atoms. The van der Waals surface area contributed by atoms with E-state index < -0.39 is 41.8 Å². The fourth-order valence-electron chi connectivity index (χ4n) is 4.46. The van der Waals surface area contributed by atoms with Crippen molar-refractivity contribution >= 4 is 11.1 Å². The van der Waals surface area contributed by atoms with Crippen LogP contribution in [-0.2, 0) is 19.8 Å². The second-order valence-corrected chi connectivity index (χ2v) is 9.57. The molecule has 0 bridgehead atoms. The molecule has 0 unspecified atom stereocenters. The van der Waals surface area contributed by atoms with E-state index >= 15 is 0 Å². The predicted molar refractivity (Wildman–Crippen MR) is 138 cm³/mol. The van der Waals surface area contributed by atoms with Crippen molar-refractivity contribution in [3.63, 3.8) is 0 Å². The van der Waals surface area contributed by atoms with E-state index in [9.17, 15) is 30.7 Å². The molecule has 0 saturated carbocycles. The van der Waals surface area contributed by atoms with Crippen LogP contribution in [0.25, 0.3) is 45.1 Å². The molecule has 2 N–H and O–H groups in total. The lowest BCUT2D eigenvalue weighted by atomic mass is 9.97. The molecule has 0 aliphatic heterocycles. The predicted octanol–water partition coefficient (Wildman–Crippen LogP) is 6.52. The summed E-state index contributed by atoms with van der Waals surface area (Å²) in [6.07, 6.45) is -11.3. The summed E-state index contributed by atoms with van der Waals surface area (Å²) in [5.74, 6) is -0.188. The highest BCUT2D eigenvalue weighted by molar-refractivity contribution is 5.84. The Kier molecular flexibility index (Phi) is 7.77. The SMILES string of the molecule is Cn1cnnc1-c1cc(F)ccc1-c1cccc(-c2nc3cc(CNCC[C@@H](O)C(F)(F)F)cc(C(F)(F)F)c3o2)c1. The lowest BCUT2D eigenvalue weighted by Gasteiger charge is -2.15.